The predicted octanol–water partition coefficient (Wildman–Crippen LogP) is 2.20. The van der Waals surface area contributed by atoms with Gasteiger partial charge < -0.3 is 14.7 Å². The Bertz CT molecular complexity index is 404. The van der Waals surface area contributed by atoms with Crippen molar-refractivity contribution in [2.24, 2.45) is 0 Å². The smallest absolute Gasteiger partial charge is 0.257 e. The average molecular weight is 251 g/mol. The van der Waals surface area contributed by atoms with Crippen molar-refractivity contribution in [3.63, 3.8) is 0 Å². The Kier molecular flexibility index (Phi) is 5.65. The van der Waals surface area contributed by atoms with E-state index in [-0.39, 0.29) is 11.7 Å². The molecule has 1 aromatic carbocycles. The van der Waals surface area contributed by atoms with E-state index in [4.69, 9.17) is 4.74 Å². The maximum Gasteiger partial charge on any atom is 0.257 e. The van der Waals surface area contributed by atoms with Crippen LogP contribution < -0.4 is 0 Å². The van der Waals surface area contributed by atoms with E-state index < -0.39 is 0 Å². The molecule has 4 heteroatoms. The van der Waals surface area contributed by atoms with Gasteiger partial charge in [0.15, 0.2) is 0 Å². The van der Waals surface area contributed by atoms with Gasteiger partial charge in [-0.25, -0.2) is 0 Å². The SMILES string of the molecule is CCOCCN(CC)C(=O)c1cccc(C)c1O. The number of ether oxygens (including phenoxy) is 1. The molecular weight excluding hydrogens is 230 g/mol. The van der Waals surface area contributed by atoms with Crippen LogP contribution in [-0.2, 0) is 4.74 Å². The number of hydrogen-bond acceptors (Lipinski definition) is 3. The first kappa shape index (κ1) is 14.5. The fraction of sp³-hybridized carbons (Fsp3) is 0.500. The van der Waals surface area contributed by atoms with Crippen LogP contribution in [-0.4, -0.2) is 42.2 Å². The topological polar surface area (TPSA) is 49.8 Å². The number of benzene rings is 1. The van der Waals surface area contributed by atoms with E-state index in [1.54, 1.807) is 30.0 Å². The van der Waals surface area contributed by atoms with Crippen molar-refractivity contribution in [3.8, 4) is 5.75 Å². The van der Waals surface area contributed by atoms with E-state index in [1.807, 2.05) is 13.8 Å². The van der Waals surface area contributed by atoms with Crippen molar-refractivity contribution >= 4 is 5.91 Å². The van der Waals surface area contributed by atoms with E-state index in [2.05, 4.69) is 0 Å². The Labute approximate surface area is 108 Å². The Morgan fingerprint density at radius 3 is 2.72 bits per heavy atom. The number of rotatable bonds is 6. The van der Waals surface area contributed by atoms with Crippen molar-refractivity contribution < 1.29 is 14.6 Å². The molecule has 0 atom stereocenters. The first-order valence-electron chi connectivity index (χ1n) is 6.27. The molecule has 18 heavy (non-hydrogen) atoms. The van der Waals surface area contributed by atoms with E-state index >= 15 is 0 Å². The van der Waals surface area contributed by atoms with E-state index in [0.717, 1.165) is 0 Å². The summed E-state index contributed by atoms with van der Waals surface area (Å²) in [6.45, 7) is 7.91. The van der Waals surface area contributed by atoms with E-state index in [1.165, 1.54) is 0 Å². The van der Waals surface area contributed by atoms with Gasteiger partial charge in [-0.2, -0.15) is 0 Å². The van der Waals surface area contributed by atoms with Gasteiger partial charge in [0.25, 0.3) is 5.91 Å². The quantitative estimate of drug-likeness (QED) is 0.788. The number of amides is 1. The fourth-order valence-electron chi connectivity index (χ4n) is 1.72. The van der Waals surface area contributed by atoms with Gasteiger partial charge in [-0.1, -0.05) is 12.1 Å². The number of nitrogens with zero attached hydrogens (tertiary/aromatic N) is 1. The lowest BCUT2D eigenvalue weighted by Gasteiger charge is -2.21. The van der Waals surface area contributed by atoms with Crippen LogP contribution in [0.15, 0.2) is 18.2 Å². The van der Waals surface area contributed by atoms with Gasteiger partial charge in [0, 0.05) is 19.7 Å². The molecule has 1 rings (SSSR count). The van der Waals surface area contributed by atoms with Crippen molar-refractivity contribution in [1.29, 1.82) is 0 Å². The zero-order valence-corrected chi connectivity index (χ0v) is 11.3. The van der Waals surface area contributed by atoms with Crippen LogP contribution in [0.1, 0.15) is 29.8 Å². The second kappa shape index (κ2) is 7.01. The number of aryl methyl sites for hydroxylation is 1. The number of para-hydroxylation sites is 1. The minimum atomic E-state index is -0.154. The van der Waals surface area contributed by atoms with Crippen LogP contribution in [0, 0.1) is 6.92 Å². The highest BCUT2D eigenvalue weighted by Crippen LogP contribution is 2.22. The third kappa shape index (κ3) is 3.47. The summed E-state index contributed by atoms with van der Waals surface area (Å²) in [4.78, 5) is 13.9. The molecule has 4 nitrogen and oxygen atoms in total. The summed E-state index contributed by atoms with van der Waals surface area (Å²) in [6.07, 6.45) is 0. The average Bonchev–Trinajstić information content (AvgIpc) is 2.37. The van der Waals surface area contributed by atoms with Crippen LogP contribution in [0.2, 0.25) is 0 Å². The van der Waals surface area contributed by atoms with E-state index in [9.17, 15) is 9.90 Å². The zero-order chi connectivity index (χ0) is 13.5. The molecule has 1 amide bonds. The number of aromatic hydroxyl groups is 1. The molecule has 0 radical (unpaired) electrons. The Morgan fingerprint density at radius 2 is 2.11 bits per heavy atom. The molecule has 0 unspecified atom stereocenters. The lowest BCUT2D eigenvalue weighted by molar-refractivity contribution is 0.0666. The highest BCUT2D eigenvalue weighted by atomic mass is 16.5. The van der Waals surface area contributed by atoms with Crippen LogP contribution in [0.5, 0.6) is 5.75 Å². The minimum absolute atomic E-state index is 0.0670. The molecule has 0 fully saturated rings. The number of phenolic OH excluding ortho intramolecular Hbond substituents is 1. The first-order valence-corrected chi connectivity index (χ1v) is 6.27. The Morgan fingerprint density at radius 1 is 1.39 bits per heavy atom. The van der Waals surface area contributed by atoms with Crippen molar-refractivity contribution in [3.05, 3.63) is 29.3 Å². The van der Waals surface area contributed by atoms with Crippen LogP contribution in [0.4, 0.5) is 0 Å². The predicted molar refractivity (Wildman–Crippen MR) is 70.9 cm³/mol. The third-order valence-corrected chi connectivity index (χ3v) is 2.85. The molecule has 1 N–H and O–H groups in total. The number of likely N-dealkylation sites (N-methyl/N-ethyl adjacent to an activating group) is 1. The van der Waals surface area contributed by atoms with Crippen LogP contribution in [0.3, 0.4) is 0 Å². The Hall–Kier alpha value is -1.55. The third-order valence-electron chi connectivity index (χ3n) is 2.85. The summed E-state index contributed by atoms with van der Waals surface area (Å²) in [6, 6.07) is 5.20. The summed E-state index contributed by atoms with van der Waals surface area (Å²) in [5.74, 6) is -0.0873. The highest BCUT2D eigenvalue weighted by Gasteiger charge is 2.18. The molecule has 0 heterocycles. The lowest BCUT2D eigenvalue weighted by Crippen LogP contribution is -2.34. The maximum absolute atomic E-state index is 12.3. The fourth-order valence-corrected chi connectivity index (χ4v) is 1.72. The Balaban J connectivity index is 2.80. The molecule has 0 aliphatic heterocycles. The van der Waals surface area contributed by atoms with Gasteiger partial charge in [0.05, 0.1) is 12.2 Å². The molecule has 0 saturated carbocycles. The van der Waals surface area contributed by atoms with E-state index in [0.29, 0.717) is 37.4 Å². The standard InChI is InChI=1S/C14H21NO3/c1-4-15(9-10-18-5-2)14(17)12-8-6-7-11(3)13(12)16/h6-8,16H,4-5,9-10H2,1-3H3. The molecule has 0 aliphatic carbocycles. The summed E-state index contributed by atoms with van der Waals surface area (Å²) in [7, 11) is 0. The van der Waals surface area contributed by atoms with Gasteiger partial charge in [-0.05, 0) is 32.4 Å². The largest absolute Gasteiger partial charge is 0.507 e. The van der Waals surface area contributed by atoms with Crippen LogP contribution >= 0.6 is 0 Å². The molecule has 0 bridgehead atoms. The summed E-state index contributed by atoms with van der Waals surface area (Å²) in [5, 5.41) is 9.91. The molecule has 100 valence electrons. The molecule has 1 aromatic rings. The van der Waals surface area contributed by atoms with Crippen molar-refractivity contribution in [1.82, 2.24) is 4.90 Å². The second-order valence-corrected chi connectivity index (χ2v) is 4.05. The molecule has 0 aliphatic rings. The number of carbonyl (C=O) groups excluding carboxylic acids is 1. The van der Waals surface area contributed by atoms with Crippen molar-refractivity contribution in [2.75, 3.05) is 26.3 Å². The molecule has 0 aromatic heterocycles. The number of carbonyl (C=O) groups is 1. The molecule has 0 spiro atoms. The number of phenols is 1. The summed E-state index contributed by atoms with van der Waals surface area (Å²) >= 11 is 0. The maximum atomic E-state index is 12.3. The normalized spacial score (nSPS) is 10.4. The zero-order valence-electron chi connectivity index (χ0n) is 11.3. The van der Waals surface area contributed by atoms with Gasteiger partial charge >= 0.3 is 0 Å². The van der Waals surface area contributed by atoms with Gasteiger partial charge in [-0.3, -0.25) is 4.79 Å². The van der Waals surface area contributed by atoms with Crippen molar-refractivity contribution in [2.45, 2.75) is 20.8 Å². The number of hydrogen-bond donors (Lipinski definition) is 1. The van der Waals surface area contributed by atoms with Gasteiger partial charge in [-0.15, -0.1) is 0 Å². The van der Waals surface area contributed by atoms with Gasteiger partial charge in [0.2, 0.25) is 0 Å². The lowest BCUT2D eigenvalue weighted by atomic mass is 10.1. The van der Waals surface area contributed by atoms with Gasteiger partial charge in [0.1, 0.15) is 5.75 Å². The summed E-state index contributed by atoms with van der Waals surface area (Å²) < 4.78 is 5.25. The monoisotopic (exact) mass is 251 g/mol. The minimum Gasteiger partial charge on any atom is -0.507 e. The molecule has 0 saturated heterocycles. The van der Waals surface area contributed by atoms with Crippen LogP contribution in [0.25, 0.3) is 0 Å². The second-order valence-electron chi connectivity index (χ2n) is 4.05. The molecular formula is C14H21NO3. The highest BCUT2D eigenvalue weighted by molar-refractivity contribution is 5.97. The summed E-state index contributed by atoms with van der Waals surface area (Å²) in [5.41, 5.74) is 1.06. The first-order chi connectivity index (χ1) is 8.61.